The Balaban J connectivity index is 1.66. The van der Waals surface area contributed by atoms with Crippen molar-refractivity contribution in [2.75, 3.05) is 33.9 Å². The number of aliphatic carboxylic acids is 1. The molecule has 2 atom stereocenters. The number of carboxylic acids is 1. The van der Waals surface area contributed by atoms with E-state index in [1.807, 2.05) is 48.5 Å². The van der Waals surface area contributed by atoms with E-state index in [4.69, 9.17) is 9.84 Å². The number of aliphatic hydroxyl groups is 1. The fraction of sp³-hybridized carbons (Fsp3) is 0.375. The highest BCUT2D eigenvalue weighted by atomic mass is 16.5. The van der Waals surface area contributed by atoms with Crippen LogP contribution < -0.4 is 10.6 Å². The van der Waals surface area contributed by atoms with Crippen molar-refractivity contribution in [1.29, 1.82) is 0 Å². The van der Waals surface area contributed by atoms with Gasteiger partial charge in [0.05, 0.1) is 0 Å². The molecule has 9 nitrogen and oxygen atoms in total. The quantitative estimate of drug-likeness (QED) is 0.426. The standard InChI is InChI=1S/C24H29N3O6/c1-27(2)13-21(22(29)25-20(11-12-28)23(30)31)26-24(32)33-14-19-17-9-5-3-7-15(17)16-8-4-6-10-18(16)19/h3-10,19-21,28H,11-14H2,1-2H3,(H,25,29)(H,26,32)(H,30,31). The third-order valence-electron chi connectivity index (χ3n) is 5.53. The molecule has 0 aromatic heterocycles. The molecule has 0 radical (unpaired) electrons. The Hall–Kier alpha value is -3.43. The van der Waals surface area contributed by atoms with Crippen molar-refractivity contribution in [3.63, 3.8) is 0 Å². The van der Waals surface area contributed by atoms with E-state index in [9.17, 15) is 19.5 Å². The zero-order chi connectivity index (χ0) is 24.0. The highest BCUT2D eigenvalue weighted by Gasteiger charge is 2.30. The Morgan fingerprint density at radius 3 is 2.06 bits per heavy atom. The van der Waals surface area contributed by atoms with Crippen LogP contribution in [0.1, 0.15) is 23.5 Å². The highest BCUT2D eigenvalue weighted by Crippen LogP contribution is 2.44. The van der Waals surface area contributed by atoms with Gasteiger partial charge in [-0.2, -0.15) is 0 Å². The summed E-state index contributed by atoms with van der Waals surface area (Å²) >= 11 is 0. The van der Waals surface area contributed by atoms with Crippen molar-refractivity contribution in [1.82, 2.24) is 15.5 Å². The number of nitrogens with zero attached hydrogens (tertiary/aromatic N) is 1. The number of hydrogen-bond acceptors (Lipinski definition) is 6. The molecule has 4 N–H and O–H groups in total. The normalized spacial score (nSPS) is 14.2. The van der Waals surface area contributed by atoms with Crippen LogP contribution in [0.25, 0.3) is 11.1 Å². The van der Waals surface area contributed by atoms with Gasteiger partial charge >= 0.3 is 12.1 Å². The summed E-state index contributed by atoms with van der Waals surface area (Å²) in [5, 5.41) is 23.1. The lowest BCUT2D eigenvalue weighted by Crippen LogP contribution is -2.55. The van der Waals surface area contributed by atoms with Crippen molar-refractivity contribution in [3.8, 4) is 11.1 Å². The zero-order valence-electron chi connectivity index (χ0n) is 18.7. The number of aliphatic hydroxyl groups excluding tert-OH is 1. The number of carboxylic acid groups (broad SMARTS) is 1. The first kappa shape index (κ1) is 24.2. The van der Waals surface area contributed by atoms with Crippen molar-refractivity contribution < 1.29 is 29.3 Å². The largest absolute Gasteiger partial charge is 0.480 e. The molecule has 0 bridgehead atoms. The van der Waals surface area contributed by atoms with Crippen molar-refractivity contribution in [2.24, 2.45) is 0 Å². The van der Waals surface area contributed by atoms with E-state index in [1.165, 1.54) is 0 Å². The topological polar surface area (TPSA) is 128 Å². The van der Waals surface area contributed by atoms with Crippen molar-refractivity contribution in [3.05, 3.63) is 59.7 Å². The Morgan fingerprint density at radius 2 is 1.55 bits per heavy atom. The lowest BCUT2D eigenvalue weighted by atomic mass is 9.98. The van der Waals surface area contributed by atoms with E-state index in [-0.39, 0.29) is 25.5 Å². The van der Waals surface area contributed by atoms with Gasteiger partial charge in [0, 0.05) is 25.5 Å². The number of nitrogens with one attached hydrogen (secondary N) is 2. The maximum atomic E-state index is 12.6. The van der Waals surface area contributed by atoms with Crippen LogP contribution in [0, 0.1) is 0 Å². The van der Waals surface area contributed by atoms with E-state index in [0.29, 0.717) is 0 Å². The average Bonchev–Trinajstić information content (AvgIpc) is 3.10. The number of likely N-dealkylation sites (N-methyl/N-ethyl adjacent to an activating group) is 1. The Morgan fingerprint density at radius 1 is 0.970 bits per heavy atom. The average molecular weight is 456 g/mol. The summed E-state index contributed by atoms with van der Waals surface area (Å²) < 4.78 is 5.50. The van der Waals surface area contributed by atoms with E-state index >= 15 is 0 Å². The van der Waals surface area contributed by atoms with Gasteiger partial charge in [-0.15, -0.1) is 0 Å². The van der Waals surface area contributed by atoms with Crippen LogP contribution in [0.15, 0.2) is 48.5 Å². The Kier molecular flexibility index (Phi) is 8.02. The molecule has 0 spiro atoms. The predicted molar refractivity (Wildman–Crippen MR) is 122 cm³/mol. The van der Waals surface area contributed by atoms with Gasteiger partial charge in [-0.1, -0.05) is 48.5 Å². The minimum Gasteiger partial charge on any atom is -0.480 e. The number of benzene rings is 2. The Labute approximate surface area is 192 Å². The number of rotatable bonds is 10. The molecule has 0 saturated carbocycles. The molecule has 2 amide bonds. The third-order valence-corrected chi connectivity index (χ3v) is 5.53. The summed E-state index contributed by atoms with van der Waals surface area (Å²) in [6, 6.07) is 13.6. The van der Waals surface area contributed by atoms with Crippen molar-refractivity contribution in [2.45, 2.75) is 24.4 Å². The molecule has 33 heavy (non-hydrogen) atoms. The van der Waals surface area contributed by atoms with Gasteiger partial charge < -0.3 is 30.5 Å². The summed E-state index contributed by atoms with van der Waals surface area (Å²) in [7, 11) is 3.45. The maximum Gasteiger partial charge on any atom is 0.407 e. The van der Waals surface area contributed by atoms with Crippen LogP contribution in [0.3, 0.4) is 0 Å². The van der Waals surface area contributed by atoms with E-state index in [1.54, 1.807) is 19.0 Å². The molecule has 0 aliphatic heterocycles. The molecule has 0 fully saturated rings. The second kappa shape index (κ2) is 10.9. The second-order valence-electron chi connectivity index (χ2n) is 8.20. The molecule has 2 aromatic rings. The second-order valence-corrected chi connectivity index (χ2v) is 8.20. The lowest BCUT2D eigenvalue weighted by Gasteiger charge is -2.24. The molecule has 0 heterocycles. The molecule has 2 aromatic carbocycles. The molecule has 1 aliphatic carbocycles. The number of alkyl carbamates (subject to hydrolysis) is 1. The van der Waals surface area contributed by atoms with Crippen LogP contribution in [0.4, 0.5) is 4.79 Å². The number of amides is 2. The highest BCUT2D eigenvalue weighted by molar-refractivity contribution is 5.89. The maximum absolute atomic E-state index is 12.6. The van der Waals surface area contributed by atoms with Gasteiger partial charge in [0.1, 0.15) is 18.7 Å². The van der Waals surface area contributed by atoms with E-state index in [0.717, 1.165) is 22.3 Å². The summed E-state index contributed by atoms with van der Waals surface area (Å²) in [5.74, 6) is -2.05. The monoisotopic (exact) mass is 455 g/mol. The zero-order valence-corrected chi connectivity index (χ0v) is 18.7. The first-order valence-corrected chi connectivity index (χ1v) is 10.7. The van der Waals surface area contributed by atoms with Gasteiger partial charge in [-0.05, 0) is 36.3 Å². The molecule has 3 rings (SSSR count). The lowest BCUT2D eigenvalue weighted by molar-refractivity contribution is -0.142. The Bertz CT molecular complexity index is 964. The number of carbonyl (C=O) groups excluding carboxylic acids is 2. The van der Waals surface area contributed by atoms with Gasteiger partial charge in [0.25, 0.3) is 0 Å². The first-order chi connectivity index (χ1) is 15.8. The van der Waals surface area contributed by atoms with E-state index < -0.39 is 36.7 Å². The summed E-state index contributed by atoms with van der Waals surface area (Å²) in [6.45, 7) is -0.157. The smallest absolute Gasteiger partial charge is 0.407 e. The summed E-state index contributed by atoms with van der Waals surface area (Å²) in [5.41, 5.74) is 4.36. The van der Waals surface area contributed by atoms with Gasteiger partial charge in [0.15, 0.2) is 0 Å². The summed E-state index contributed by atoms with van der Waals surface area (Å²) in [6.07, 6.45) is -0.909. The van der Waals surface area contributed by atoms with Crippen LogP contribution in [-0.4, -0.2) is 79.0 Å². The van der Waals surface area contributed by atoms with Crippen LogP contribution in [0.2, 0.25) is 0 Å². The van der Waals surface area contributed by atoms with Crippen molar-refractivity contribution >= 4 is 18.0 Å². The first-order valence-electron chi connectivity index (χ1n) is 10.7. The van der Waals surface area contributed by atoms with Crippen LogP contribution in [-0.2, 0) is 14.3 Å². The number of hydrogen-bond donors (Lipinski definition) is 4. The number of fused-ring (bicyclic) bond motifs is 3. The van der Waals surface area contributed by atoms with Crippen LogP contribution in [0.5, 0.6) is 0 Å². The molecule has 0 saturated heterocycles. The fourth-order valence-electron chi connectivity index (χ4n) is 4.00. The van der Waals surface area contributed by atoms with Gasteiger partial charge in [-0.25, -0.2) is 9.59 Å². The number of ether oxygens (including phenoxy) is 1. The SMILES string of the molecule is CN(C)CC(NC(=O)OCC1c2ccccc2-c2ccccc21)C(=O)NC(CCO)C(=O)O. The minimum absolute atomic E-state index is 0.0957. The van der Waals surface area contributed by atoms with Crippen LogP contribution >= 0.6 is 0 Å². The molecule has 176 valence electrons. The molecule has 1 aliphatic rings. The fourth-order valence-corrected chi connectivity index (χ4v) is 4.00. The third kappa shape index (κ3) is 5.88. The molecule has 2 unspecified atom stereocenters. The molecular formula is C24H29N3O6. The minimum atomic E-state index is -1.26. The summed E-state index contributed by atoms with van der Waals surface area (Å²) in [4.78, 5) is 38.2. The molecular weight excluding hydrogens is 426 g/mol. The molecule has 9 heteroatoms. The van der Waals surface area contributed by atoms with Gasteiger partial charge in [-0.3, -0.25) is 4.79 Å². The number of carbonyl (C=O) groups is 3. The van der Waals surface area contributed by atoms with E-state index in [2.05, 4.69) is 10.6 Å². The van der Waals surface area contributed by atoms with Gasteiger partial charge in [0.2, 0.25) is 5.91 Å². The predicted octanol–water partition coefficient (Wildman–Crippen LogP) is 1.41.